The molecule has 2 rings (SSSR count). The minimum atomic E-state index is -1.71. The maximum absolute atomic E-state index is 12.5. The van der Waals surface area contributed by atoms with Crippen LogP contribution in [0.25, 0.3) is 0 Å². The first kappa shape index (κ1) is 20.7. The van der Waals surface area contributed by atoms with Crippen LogP contribution in [0.4, 0.5) is 4.79 Å². The Morgan fingerprint density at radius 3 is 2.63 bits per heavy atom. The number of nitrogens with zero attached hydrogens (tertiary/aromatic N) is 1. The van der Waals surface area contributed by atoms with E-state index in [1.165, 1.54) is 18.7 Å². The van der Waals surface area contributed by atoms with Gasteiger partial charge < -0.3 is 25.1 Å². The van der Waals surface area contributed by atoms with Crippen molar-refractivity contribution in [2.75, 3.05) is 13.1 Å². The predicted molar refractivity (Wildman–Crippen MR) is 94.2 cm³/mol. The lowest BCUT2D eigenvalue weighted by molar-refractivity contribution is -0.319. The smallest absolute Gasteiger partial charge is 0.410 e. The minimum Gasteiger partial charge on any atom is -0.547 e. The van der Waals surface area contributed by atoms with Crippen LogP contribution < -0.4 is 10.4 Å². The molecule has 1 fully saturated rings. The number of nitrogens with one attached hydrogen (secondary N) is 1. The van der Waals surface area contributed by atoms with Gasteiger partial charge in [-0.15, -0.1) is 0 Å². The third-order valence-electron chi connectivity index (χ3n) is 4.68. The summed E-state index contributed by atoms with van der Waals surface area (Å²) in [6.07, 6.45) is -1.11. The van der Waals surface area contributed by atoms with Crippen LogP contribution in [0.2, 0.25) is 0 Å². The quantitative estimate of drug-likeness (QED) is 0.693. The van der Waals surface area contributed by atoms with Crippen LogP contribution in [-0.2, 0) is 20.9 Å². The lowest BCUT2D eigenvalue weighted by Crippen LogP contribution is -2.52. The molecule has 2 N–H and O–H groups in total. The highest BCUT2D eigenvalue weighted by Gasteiger charge is 2.36. The second-order valence-corrected chi connectivity index (χ2v) is 7.32. The number of aliphatic carboxylic acids is 1. The lowest BCUT2D eigenvalue weighted by atomic mass is 9.86. The molecule has 0 spiro atoms. The predicted octanol–water partition coefficient (Wildman–Crippen LogP) is 0.0408. The Morgan fingerprint density at radius 2 is 2.00 bits per heavy atom. The van der Waals surface area contributed by atoms with Gasteiger partial charge in [-0.1, -0.05) is 44.2 Å². The van der Waals surface area contributed by atoms with Crippen LogP contribution in [-0.4, -0.2) is 53.2 Å². The first-order chi connectivity index (χ1) is 12.7. The molecule has 1 aliphatic heterocycles. The first-order valence-corrected chi connectivity index (χ1v) is 8.86. The molecule has 148 valence electrons. The highest BCUT2D eigenvalue weighted by molar-refractivity contribution is 5.86. The van der Waals surface area contributed by atoms with Crippen LogP contribution in [0, 0.1) is 5.41 Å². The molecule has 8 nitrogen and oxygen atoms in total. The molecule has 0 aromatic heterocycles. The number of aliphatic hydroxyl groups is 1. The topological polar surface area (TPSA) is 119 Å². The molecule has 1 heterocycles. The summed E-state index contributed by atoms with van der Waals surface area (Å²) in [6.45, 7) is 3.49. The lowest BCUT2D eigenvalue weighted by Gasteiger charge is -2.32. The molecule has 0 bridgehead atoms. The number of hydrogen-bond donors (Lipinski definition) is 2. The van der Waals surface area contributed by atoms with Crippen LogP contribution in [0.5, 0.6) is 0 Å². The number of ether oxygens (including phenoxy) is 1. The zero-order chi connectivity index (χ0) is 20.0. The molecule has 8 heteroatoms. The molecular weight excluding hydrogens is 352 g/mol. The maximum Gasteiger partial charge on any atom is 0.410 e. The Balaban J connectivity index is 1.89. The molecule has 27 heavy (non-hydrogen) atoms. The van der Waals surface area contributed by atoms with Crippen molar-refractivity contribution in [3.63, 3.8) is 0 Å². The fourth-order valence-corrected chi connectivity index (χ4v) is 2.91. The third-order valence-corrected chi connectivity index (χ3v) is 4.68. The fourth-order valence-electron chi connectivity index (χ4n) is 2.91. The van der Waals surface area contributed by atoms with E-state index in [0.717, 1.165) is 5.56 Å². The normalized spacial score (nSPS) is 18.0. The summed E-state index contributed by atoms with van der Waals surface area (Å²) in [7, 11) is 0. The number of hydrogen-bond acceptors (Lipinski definition) is 6. The van der Waals surface area contributed by atoms with Gasteiger partial charge in [0.1, 0.15) is 18.8 Å². The fraction of sp³-hybridized carbons (Fsp3) is 0.526. The van der Waals surface area contributed by atoms with E-state index < -0.39 is 35.5 Å². The zero-order valence-electron chi connectivity index (χ0n) is 15.5. The van der Waals surface area contributed by atoms with Gasteiger partial charge in [0.25, 0.3) is 0 Å². The molecule has 1 aromatic carbocycles. The molecule has 0 unspecified atom stereocenters. The van der Waals surface area contributed by atoms with Gasteiger partial charge >= 0.3 is 6.09 Å². The number of amides is 2. The number of rotatable bonds is 7. The minimum absolute atomic E-state index is 0.0651. The highest BCUT2D eigenvalue weighted by atomic mass is 16.6. The SMILES string of the molecule is CC(C)(CNC(=O)[C@@H]1CCCN1C(=O)OCc1ccccc1)[C@H](O)C(=O)[O-]. The number of benzene rings is 1. The average molecular weight is 377 g/mol. The largest absolute Gasteiger partial charge is 0.547 e. The van der Waals surface area contributed by atoms with Gasteiger partial charge in [0.2, 0.25) is 5.91 Å². The molecule has 1 aromatic rings. The van der Waals surface area contributed by atoms with Crippen molar-refractivity contribution in [2.24, 2.45) is 5.41 Å². The van der Waals surface area contributed by atoms with E-state index in [4.69, 9.17) is 4.74 Å². The average Bonchev–Trinajstić information content (AvgIpc) is 3.14. The number of carboxylic acid groups (broad SMARTS) is 1. The Bertz CT molecular complexity index is 676. The highest BCUT2D eigenvalue weighted by Crippen LogP contribution is 2.22. The number of aliphatic hydroxyl groups excluding tert-OH is 1. The van der Waals surface area contributed by atoms with Crippen molar-refractivity contribution in [2.45, 2.75) is 45.4 Å². The van der Waals surface area contributed by atoms with Gasteiger partial charge in [0.15, 0.2) is 0 Å². The summed E-state index contributed by atoms with van der Waals surface area (Å²) in [6, 6.07) is 8.56. The maximum atomic E-state index is 12.5. The molecule has 1 aliphatic rings. The van der Waals surface area contributed by atoms with Gasteiger partial charge in [-0.05, 0) is 18.4 Å². The monoisotopic (exact) mass is 377 g/mol. The van der Waals surface area contributed by atoms with Gasteiger partial charge in [-0.3, -0.25) is 9.69 Å². The van der Waals surface area contributed by atoms with Crippen molar-refractivity contribution in [3.05, 3.63) is 35.9 Å². The second-order valence-electron chi connectivity index (χ2n) is 7.32. The molecule has 0 saturated carbocycles. The Hall–Kier alpha value is -2.61. The Morgan fingerprint density at radius 1 is 1.33 bits per heavy atom. The summed E-state index contributed by atoms with van der Waals surface area (Å²) in [5, 5.41) is 23.1. The molecule has 2 amide bonds. The second kappa shape index (κ2) is 8.85. The Labute approximate surface area is 158 Å². The van der Waals surface area contributed by atoms with Crippen molar-refractivity contribution < 1.29 is 29.3 Å². The molecule has 1 saturated heterocycles. The van der Waals surface area contributed by atoms with Gasteiger partial charge in [-0.2, -0.15) is 0 Å². The number of carbonyl (C=O) groups excluding carboxylic acids is 3. The Kier molecular flexibility index (Phi) is 6.79. The summed E-state index contributed by atoms with van der Waals surface area (Å²) in [4.78, 5) is 37.0. The summed E-state index contributed by atoms with van der Waals surface area (Å²) in [5.74, 6) is -2.00. The van der Waals surface area contributed by atoms with Crippen LogP contribution in [0.15, 0.2) is 30.3 Å². The molecular formula is C19H25N2O6-. The molecule has 0 radical (unpaired) electrons. The van der Waals surface area contributed by atoms with E-state index in [9.17, 15) is 24.6 Å². The van der Waals surface area contributed by atoms with Gasteiger partial charge in [0.05, 0.1) is 5.97 Å². The molecule has 2 atom stereocenters. The third kappa shape index (κ3) is 5.43. The van der Waals surface area contributed by atoms with Gasteiger partial charge in [-0.25, -0.2) is 4.79 Å². The van der Waals surface area contributed by atoms with E-state index in [2.05, 4.69) is 5.32 Å². The summed E-state index contributed by atoms with van der Waals surface area (Å²) >= 11 is 0. The van der Waals surface area contributed by atoms with Crippen molar-refractivity contribution in [3.8, 4) is 0 Å². The van der Waals surface area contributed by atoms with E-state index in [1.807, 2.05) is 30.3 Å². The van der Waals surface area contributed by atoms with E-state index >= 15 is 0 Å². The number of carboxylic acids is 1. The molecule has 0 aliphatic carbocycles. The zero-order valence-corrected chi connectivity index (χ0v) is 15.5. The van der Waals surface area contributed by atoms with Crippen LogP contribution in [0.3, 0.4) is 0 Å². The van der Waals surface area contributed by atoms with Crippen LogP contribution in [0.1, 0.15) is 32.3 Å². The van der Waals surface area contributed by atoms with E-state index in [0.29, 0.717) is 19.4 Å². The van der Waals surface area contributed by atoms with E-state index in [1.54, 1.807) is 0 Å². The number of likely N-dealkylation sites (tertiary alicyclic amines) is 1. The van der Waals surface area contributed by atoms with Crippen molar-refractivity contribution in [1.29, 1.82) is 0 Å². The van der Waals surface area contributed by atoms with Crippen LogP contribution >= 0.6 is 0 Å². The van der Waals surface area contributed by atoms with Gasteiger partial charge in [0, 0.05) is 18.5 Å². The van der Waals surface area contributed by atoms with E-state index in [-0.39, 0.29) is 13.2 Å². The first-order valence-electron chi connectivity index (χ1n) is 8.86. The standard InChI is InChI=1S/C19H26N2O6/c1-19(2,15(22)17(24)25)12-20-16(23)14-9-6-10-21(14)18(26)27-11-13-7-4-3-5-8-13/h3-5,7-8,14-15,22H,6,9-12H2,1-2H3,(H,20,23)(H,24,25)/p-1/t14-,15+/m0/s1. The van der Waals surface area contributed by atoms with Crippen molar-refractivity contribution >= 4 is 18.0 Å². The van der Waals surface area contributed by atoms with Crippen molar-refractivity contribution in [1.82, 2.24) is 10.2 Å². The number of carbonyl (C=O) groups is 3. The summed E-state index contributed by atoms with van der Waals surface area (Å²) in [5.41, 5.74) is -0.254. The summed E-state index contributed by atoms with van der Waals surface area (Å²) < 4.78 is 5.29.